The summed E-state index contributed by atoms with van der Waals surface area (Å²) in [5.41, 5.74) is -1.87. The van der Waals surface area contributed by atoms with Gasteiger partial charge in [-0.3, -0.25) is 9.55 Å². The second-order valence-corrected chi connectivity index (χ2v) is 17.0. The van der Waals surface area contributed by atoms with Crippen LogP contribution in [0, 0.1) is 20.8 Å². The number of hydrogen-bond acceptors (Lipinski definition) is 3. The Morgan fingerprint density at radius 3 is 1.90 bits per heavy atom. The molecule has 2 heterocycles. The van der Waals surface area contributed by atoms with Crippen molar-refractivity contribution in [1.82, 2.24) is 14.5 Å². The Morgan fingerprint density at radius 1 is 0.574 bits per heavy atom. The SMILES string of the molecule is [2H]C([2H])([2H])C(c1cc(-c2nc3c(-c4cc(-c5ncc(C)c(-c6ccccc6)c5C)cc(C(C)(C)C)c4)cccc3n2-c2ccc(C)cc2-c2ccccc2)c(O)c(C(C([2H])([2H])[2H])(C([2H])([2H])[2H])C([2H])([2H])[2H])c1)(C([2H])([2H])[2H])C([2H])([2H])[2H]. The van der Waals surface area contributed by atoms with Crippen LogP contribution in [0.25, 0.3) is 72.7 Å². The first-order valence-electron chi connectivity index (χ1n) is 29.1. The Morgan fingerprint density at radius 2 is 1.23 bits per heavy atom. The molecule has 1 N–H and O–H groups in total. The lowest BCUT2D eigenvalue weighted by molar-refractivity contribution is 0.446. The van der Waals surface area contributed by atoms with Gasteiger partial charge in [0.2, 0.25) is 0 Å². The quantitative estimate of drug-likeness (QED) is 0.182. The number of imidazole rings is 1. The van der Waals surface area contributed by atoms with Crippen LogP contribution in [0.5, 0.6) is 5.75 Å². The van der Waals surface area contributed by atoms with Gasteiger partial charge in [-0.2, -0.15) is 0 Å². The number of rotatable bonds is 6. The average Bonchev–Trinajstić information content (AvgIpc) is 2.37. The minimum Gasteiger partial charge on any atom is -0.507 e. The van der Waals surface area contributed by atoms with E-state index >= 15 is 0 Å². The number of benzene rings is 6. The molecule has 8 rings (SSSR count). The zero-order valence-electron chi connectivity index (χ0n) is 53.0. The number of pyridine rings is 1. The average molecular weight is 820 g/mol. The van der Waals surface area contributed by atoms with Gasteiger partial charge in [-0.05, 0) is 118 Å². The topological polar surface area (TPSA) is 50.9 Å². The Balaban J connectivity index is 1.61. The van der Waals surface area contributed by atoms with Gasteiger partial charge in [0.25, 0.3) is 0 Å². The lowest BCUT2D eigenvalue weighted by Gasteiger charge is -2.27. The molecule has 0 aliphatic rings. The van der Waals surface area contributed by atoms with E-state index < -0.39 is 85.6 Å². The van der Waals surface area contributed by atoms with Crippen molar-refractivity contribution in [3.8, 4) is 67.5 Å². The third kappa shape index (κ3) is 7.81. The molecule has 0 amide bonds. The van der Waals surface area contributed by atoms with E-state index in [1.807, 2.05) is 93.7 Å². The van der Waals surface area contributed by atoms with E-state index in [1.54, 1.807) is 42.5 Å². The number of phenols is 1. The highest BCUT2D eigenvalue weighted by Gasteiger charge is 2.30. The normalized spacial score (nSPS) is 17.9. The van der Waals surface area contributed by atoms with Gasteiger partial charge < -0.3 is 5.11 Å². The Kier molecular flexibility index (Phi) is 6.25. The molecule has 0 unspecified atom stereocenters. The van der Waals surface area contributed by atoms with E-state index in [9.17, 15) is 5.11 Å². The fourth-order valence-corrected chi connectivity index (χ4v) is 8.19. The van der Waals surface area contributed by atoms with Crippen LogP contribution in [0.15, 0.2) is 134 Å². The molecule has 4 heteroatoms. The van der Waals surface area contributed by atoms with Crippen molar-refractivity contribution in [3.63, 3.8) is 0 Å². The number of nitrogens with zero attached hydrogens (tertiary/aromatic N) is 3. The van der Waals surface area contributed by atoms with Crippen LogP contribution in [0.2, 0.25) is 0 Å². The number of phenolic OH excluding ortho intramolecular Hbond substituents is 1. The molecular weight excluding hydrogens is 743 g/mol. The smallest absolute Gasteiger partial charge is 0.149 e. The summed E-state index contributed by atoms with van der Waals surface area (Å²) in [6, 6.07) is 36.6. The summed E-state index contributed by atoms with van der Waals surface area (Å²) in [7, 11) is 0. The molecule has 0 saturated heterocycles. The summed E-state index contributed by atoms with van der Waals surface area (Å²) >= 11 is 0. The van der Waals surface area contributed by atoms with Gasteiger partial charge in [-0.1, -0.05) is 158 Å². The van der Waals surface area contributed by atoms with Crippen LogP contribution in [-0.2, 0) is 16.2 Å². The molecule has 4 nitrogen and oxygen atoms in total. The van der Waals surface area contributed by atoms with Gasteiger partial charge in [-0.25, -0.2) is 4.98 Å². The van der Waals surface area contributed by atoms with Gasteiger partial charge >= 0.3 is 0 Å². The van der Waals surface area contributed by atoms with Crippen molar-refractivity contribution in [2.45, 2.75) is 98.9 Å². The summed E-state index contributed by atoms with van der Waals surface area (Å²) in [6.07, 6.45) is 1.82. The van der Waals surface area contributed by atoms with Crippen molar-refractivity contribution in [2.24, 2.45) is 0 Å². The number of aromatic nitrogens is 3. The Bertz CT molecular complexity index is 3540. The maximum Gasteiger partial charge on any atom is 0.149 e. The van der Waals surface area contributed by atoms with Crippen molar-refractivity contribution in [3.05, 3.63) is 167 Å². The molecule has 0 aliphatic heterocycles. The molecule has 0 fully saturated rings. The molecule has 8 aromatic rings. The fourth-order valence-electron chi connectivity index (χ4n) is 8.19. The molecule has 61 heavy (non-hydrogen) atoms. The largest absolute Gasteiger partial charge is 0.507 e. The molecule has 2 aromatic heterocycles. The maximum absolute atomic E-state index is 13.0. The van der Waals surface area contributed by atoms with Crippen LogP contribution >= 0.6 is 0 Å². The van der Waals surface area contributed by atoms with Crippen LogP contribution in [0.4, 0.5) is 0 Å². The van der Waals surface area contributed by atoms with E-state index in [0.29, 0.717) is 45.2 Å². The van der Waals surface area contributed by atoms with Gasteiger partial charge in [0.05, 0.1) is 28.0 Å². The van der Waals surface area contributed by atoms with Crippen molar-refractivity contribution in [2.75, 3.05) is 0 Å². The zero-order valence-corrected chi connectivity index (χ0v) is 35.0. The first-order valence-corrected chi connectivity index (χ1v) is 20.1. The van der Waals surface area contributed by atoms with Crippen molar-refractivity contribution < 1.29 is 29.8 Å². The molecule has 0 bridgehead atoms. The standard InChI is InChI=1S/C57H59N3O/c1-35-26-27-48(45(28-35)38-20-15-13-16-21-38)60-49-25-19-24-44(52(49)59-54(60)46-32-43(56(7,8)9)33-47(53(46)61)57(10,11)12)40-29-41(31-42(30-40)55(4,5)6)51-37(3)50(36(2)34-58-51)39-22-17-14-18-23-39/h13-34,61H,1-12H3/i7D3,8D3,9D3,10D3,11D3,12D3. The number of fused-ring (bicyclic) bond motifs is 1. The predicted octanol–water partition coefficient (Wildman–Crippen LogP) is 15.3. The summed E-state index contributed by atoms with van der Waals surface area (Å²) in [5.74, 6) is -1.74. The summed E-state index contributed by atoms with van der Waals surface area (Å²) < 4.78 is 159. The van der Waals surface area contributed by atoms with Crippen molar-refractivity contribution in [1.29, 1.82) is 0 Å². The minimum absolute atomic E-state index is 0.196. The van der Waals surface area contributed by atoms with Crippen LogP contribution in [0.3, 0.4) is 0 Å². The summed E-state index contributed by atoms with van der Waals surface area (Å²) in [5, 5.41) is 13.0. The van der Waals surface area contributed by atoms with Gasteiger partial charge in [0.15, 0.2) is 0 Å². The minimum atomic E-state index is -4.13. The molecule has 0 aliphatic carbocycles. The molecule has 0 saturated carbocycles. The molecule has 308 valence electrons. The molecule has 0 atom stereocenters. The fraction of sp³-hybridized carbons (Fsp3) is 0.263. The van der Waals surface area contributed by atoms with Crippen LogP contribution in [0.1, 0.15) is 120 Å². The van der Waals surface area contributed by atoms with E-state index in [4.69, 9.17) is 34.6 Å². The third-order valence-electron chi connectivity index (χ3n) is 11.3. The number of aryl methyl sites for hydroxylation is 2. The zero-order chi connectivity index (χ0) is 58.6. The number of hydrogen-bond donors (Lipinski definition) is 1. The molecule has 0 spiro atoms. The van der Waals surface area contributed by atoms with E-state index in [-0.39, 0.29) is 5.52 Å². The molecule has 6 aromatic carbocycles. The number of aromatic hydroxyl groups is 1. The lowest BCUT2D eigenvalue weighted by Crippen LogP contribution is -2.17. The van der Waals surface area contributed by atoms with Crippen LogP contribution < -0.4 is 0 Å². The number of para-hydroxylation sites is 1. The summed E-state index contributed by atoms with van der Waals surface area (Å²) in [6.45, 7) is -12.4. The van der Waals surface area contributed by atoms with Gasteiger partial charge in [0.1, 0.15) is 11.6 Å². The second kappa shape index (κ2) is 15.3. The summed E-state index contributed by atoms with van der Waals surface area (Å²) in [4.78, 5) is 10.2. The van der Waals surface area contributed by atoms with Gasteiger partial charge in [0, 0.05) is 53.1 Å². The van der Waals surface area contributed by atoms with E-state index in [0.717, 1.165) is 45.0 Å². The maximum atomic E-state index is 13.0. The molecular formula is C57H59N3O. The highest BCUT2D eigenvalue weighted by molar-refractivity contribution is 5.98. The monoisotopic (exact) mass is 820 g/mol. The van der Waals surface area contributed by atoms with Crippen molar-refractivity contribution >= 4 is 11.0 Å². The Labute approximate surface area is 388 Å². The third-order valence-corrected chi connectivity index (χ3v) is 11.3. The Hall–Kier alpha value is -6.26. The van der Waals surface area contributed by atoms with E-state index in [1.165, 1.54) is 4.57 Å². The highest BCUT2D eigenvalue weighted by atomic mass is 16.3. The lowest BCUT2D eigenvalue weighted by atomic mass is 9.79. The molecule has 0 radical (unpaired) electrons. The van der Waals surface area contributed by atoms with Crippen LogP contribution in [-0.4, -0.2) is 19.6 Å². The predicted molar refractivity (Wildman–Crippen MR) is 258 cm³/mol. The first kappa shape index (κ1) is 24.9. The highest BCUT2D eigenvalue weighted by Crippen LogP contribution is 2.46. The van der Waals surface area contributed by atoms with E-state index in [2.05, 4.69) is 26.8 Å². The van der Waals surface area contributed by atoms with Gasteiger partial charge in [-0.15, -0.1) is 0 Å². The first-order chi connectivity index (χ1) is 36.3. The second-order valence-electron chi connectivity index (χ2n) is 17.0.